The van der Waals surface area contributed by atoms with Gasteiger partial charge in [-0.25, -0.2) is 4.98 Å². The molecule has 2 aliphatic carbocycles. The molecule has 1 atom stereocenters. The lowest BCUT2D eigenvalue weighted by atomic mass is 9.75. The fourth-order valence-corrected chi connectivity index (χ4v) is 6.14. The number of hydrogen-bond donors (Lipinski definition) is 1. The molecule has 3 heterocycles. The van der Waals surface area contributed by atoms with Gasteiger partial charge in [-0.2, -0.15) is 0 Å². The molecule has 0 saturated heterocycles. The first-order valence-corrected chi connectivity index (χ1v) is 11.8. The minimum absolute atomic E-state index is 0.335. The zero-order valence-corrected chi connectivity index (χ0v) is 17.3. The molecule has 2 fully saturated rings. The van der Waals surface area contributed by atoms with Crippen molar-refractivity contribution in [2.24, 2.45) is 5.92 Å². The van der Waals surface area contributed by atoms with E-state index in [0.717, 1.165) is 36.9 Å². The summed E-state index contributed by atoms with van der Waals surface area (Å²) in [7, 11) is 0. The molecule has 3 aromatic heterocycles. The van der Waals surface area contributed by atoms with Crippen LogP contribution in [0.15, 0.2) is 54.3 Å². The van der Waals surface area contributed by atoms with Crippen LogP contribution in [0.2, 0.25) is 0 Å². The predicted molar refractivity (Wildman–Crippen MR) is 119 cm³/mol. The van der Waals surface area contributed by atoms with E-state index in [2.05, 4.69) is 51.2 Å². The van der Waals surface area contributed by atoms with Gasteiger partial charge in [-0.3, -0.25) is 0 Å². The quantitative estimate of drug-likeness (QED) is 0.427. The monoisotopic (exact) mass is 402 g/mol. The smallest absolute Gasteiger partial charge is 0.0995 e. The Balaban J connectivity index is 1.24. The first-order chi connectivity index (χ1) is 14.3. The van der Waals surface area contributed by atoms with Crippen LogP contribution in [0.3, 0.4) is 0 Å². The highest BCUT2D eigenvalue weighted by Gasteiger charge is 2.34. The molecule has 4 heteroatoms. The Morgan fingerprint density at radius 3 is 2.62 bits per heavy atom. The Hall–Kier alpha value is -2.17. The van der Waals surface area contributed by atoms with Crippen molar-refractivity contribution in [1.82, 2.24) is 9.38 Å². The largest absolute Gasteiger partial charge is 0.387 e. The van der Waals surface area contributed by atoms with E-state index < -0.39 is 6.10 Å². The van der Waals surface area contributed by atoms with Crippen molar-refractivity contribution < 1.29 is 5.11 Å². The molecule has 2 aliphatic rings. The average Bonchev–Trinajstić information content (AvgIpc) is 3.30. The molecule has 6 rings (SSSR count). The molecule has 0 aliphatic heterocycles. The summed E-state index contributed by atoms with van der Waals surface area (Å²) < 4.78 is 3.53. The molecule has 1 unspecified atom stereocenters. The number of benzene rings is 1. The van der Waals surface area contributed by atoms with Gasteiger partial charge in [-0.1, -0.05) is 18.2 Å². The van der Waals surface area contributed by atoms with Gasteiger partial charge in [0.25, 0.3) is 0 Å². The fourth-order valence-electron chi connectivity index (χ4n) is 5.30. The van der Waals surface area contributed by atoms with E-state index >= 15 is 0 Å². The number of imidazole rings is 1. The number of pyridine rings is 1. The number of aliphatic hydroxyl groups excluding tert-OH is 1. The lowest BCUT2D eigenvalue weighted by Crippen LogP contribution is -2.22. The summed E-state index contributed by atoms with van der Waals surface area (Å²) in [5.74, 6) is 1.58. The number of thiophene rings is 1. The molecule has 0 spiro atoms. The summed E-state index contributed by atoms with van der Waals surface area (Å²) in [5.41, 5.74) is 5.00. The zero-order valence-electron chi connectivity index (χ0n) is 16.5. The van der Waals surface area contributed by atoms with Gasteiger partial charge in [0.1, 0.15) is 0 Å². The zero-order chi connectivity index (χ0) is 19.4. The maximum atomic E-state index is 11.4. The van der Waals surface area contributed by atoms with Gasteiger partial charge in [-0.05, 0) is 96.4 Å². The minimum Gasteiger partial charge on any atom is -0.387 e. The first-order valence-electron chi connectivity index (χ1n) is 10.9. The molecule has 2 saturated carbocycles. The topological polar surface area (TPSA) is 37.5 Å². The number of aliphatic hydroxyl groups is 1. The number of nitrogens with zero attached hydrogens (tertiary/aromatic N) is 2. The third kappa shape index (κ3) is 3.10. The van der Waals surface area contributed by atoms with Gasteiger partial charge in [0.2, 0.25) is 0 Å². The first kappa shape index (κ1) is 17.7. The van der Waals surface area contributed by atoms with Gasteiger partial charge >= 0.3 is 0 Å². The van der Waals surface area contributed by atoms with E-state index in [1.165, 1.54) is 34.1 Å². The van der Waals surface area contributed by atoms with Gasteiger partial charge in [0.05, 0.1) is 29.8 Å². The molecule has 1 N–H and O–H groups in total. The van der Waals surface area contributed by atoms with Crippen molar-refractivity contribution in [1.29, 1.82) is 0 Å². The van der Waals surface area contributed by atoms with Crippen LogP contribution in [-0.2, 0) is 0 Å². The number of fused-ring (bicyclic) bond motifs is 2. The lowest BCUT2D eigenvalue weighted by Gasteiger charge is -2.33. The van der Waals surface area contributed by atoms with Crippen LogP contribution in [0.5, 0.6) is 0 Å². The predicted octanol–water partition coefficient (Wildman–Crippen LogP) is 6.43. The van der Waals surface area contributed by atoms with Gasteiger partial charge in [-0.15, -0.1) is 11.3 Å². The van der Waals surface area contributed by atoms with Crippen molar-refractivity contribution in [3.05, 3.63) is 71.1 Å². The second-order valence-electron chi connectivity index (χ2n) is 8.91. The molecular formula is C25H26N2OS. The van der Waals surface area contributed by atoms with Gasteiger partial charge in [0, 0.05) is 4.70 Å². The number of aromatic nitrogens is 2. The average molecular weight is 403 g/mol. The van der Waals surface area contributed by atoms with Crippen LogP contribution in [0.25, 0.3) is 15.6 Å². The SMILES string of the molecule is OC(c1c(C2CC2)ccc2cncn12)C1CCC(c2ccc3ccsc3c2)CC1. The standard InChI is InChI=1S/C25H26N2OS/c28-25(24-22(17-3-4-17)10-9-21-14-26-15-27(21)24)19-6-1-16(2-7-19)20-8-5-18-11-12-29-23(18)13-20/h5,8-17,19,25,28H,1-4,6-7H2. The normalized spacial score (nSPS) is 23.6. The van der Waals surface area contributed by atoms with E-state index in [-0.39, 0.29) is 0 Å². The van der Waals surface area contributed by atoms with E-state index in [1.807, 2.05) is 23.9 Å². The number of hydrogen-bond acceptors (Lipinski definition) is 3. The van der Waals surface area contributed by atoms with E-state index in [1.54, 1.807) is 0 Å². The maximum Gasteiger partial charge on any atom is 0.0995 e. The Labute approximate surface area is 175 Å². The molecule has 29 heavy (non-hydrogen) atoms. The second-order valence-corrected chi connectivity index (χ2v) is 9.86. The summed E-state index contributed by atoms with van der Waals surface area (Å²) in [6.45, 7) is 0. The summed E-state index contributed by atoms with van der Waals surface area (Å²) in [4.78, 5) is 4.34. The highest BCUT2D eigenvalue weighted by molar-refractivity contribution is 7.17. The Kier molecular flexibility index (Phi) is 4.24. The molecule has 0 bridgehead atoms. The fraction of sp³-hybridized carbons (Fsp3) is 0.400. The van der Waals surface area contributed by atoms with Crippen molar-refractivity contribution in [3.63, 3.8) is 0 Å². The van der Waals surface area contributed by atoms with E-state index in [0.29, 0.717) is 17.8 Å². The van der Waals surface area contributed by atoms with Crippen LogP contribution < -0.4 is 0 Å². The molecule has 0 amide bonds. The van der Waals surface area contributed by atoms with Crippen molar-refractivity contribution >= 4 is 26.9 Å². The highest BCUT2D eigenvalue weighted by Crippen LogP contribution is 2.47. The van der Waals surface area contributed by atoms with E-state index in [4.69, 9.17) is 0 Å². The Bertz CT molecular complexity index is 1160. The Morgan fingerprint density at radius 2 is 1.79 bits per heavy atom. The Morgan fingerprint density at radius 1 is 0.966 bits per heavy atom. The molecule has 148 valence electrons. The third-order valence-electron chi connectivity index (χ3n) is 7.12. The van der Waals surface area contributed by atoms with Crippen LogP contribution in [-0.4, -0.2) is 14.5 Å². The van der Waals surface area contributed by atoms with Crippen LogP contribution >= 0.6 is 11.3 Å². The summed E-state index contributed by atoms with van der Waals surface area (Å²) in [6.07, 6.45) is 10.4. The van der Waals surface area contributed by atoms with Crippen LogP contribution in [0.1, 0.15) is 73.3 Å². The van der Waals surface area contributed by atoms with Gasteiger partial charge in [0.15, 0.2) is 0 Å². The van der Waals surface area contributed by atoms with Gasteiger partial charge < -0.3 is 9.51 Å². The second kappa shape index (κ2) is 6.96. The summed E-state index contributed by atoms with van der Waals surface area (Å²) >= 11 is 1.83. The van der Waals surface area contributed by atoms with Crippen molar-refractivity contribution in [2.45, 2.75) is 56.5 Å². The molecular weight excluding hydrogens is 376 g/mol. The van der Waals surface area contributed by atoms with Crippen LogP contribution in [0, 0.1) is 5.92 Å². The third-order valence-corrected chi connectivity index (χ3v) is 8.00. The number of rotatable bonds is 4. The summed E-state index contributed by atoms with van der Waals surface area (Å²) in [6, 6.07) is 13.5. The molecule has 3 nitrogen and oxygen atoms in total. The molecule has 4 aromatic rings. The van der Waals surface area contributed by atoms with Crippen molar-refractivity contribution in [3.8, 4) is 0 Å². The van der Waals surface area contributed by atoms with E-state index in [9.17, 15) is 5.11 Å². The van der Waals surface area contributed by atoms with Crippen molar-refractivity contribution in [2.75, 3.05) is 0 Å². The molecule has 1 aromatic carbocycles. The highest BCUT2D eigenvalue weighted by atomic mass is 32.1. The molecule has 0 radical (unpaired) electrons. The maximum absolute atomic E-state index is 11.4. The minimum atomic E-state index is -0.399. The lowest BCUT2D eigenvalue weighted by molar-refractivity contribution is 0.0754. The summed E-state index contributed by atoms with van der Waals surface area (Å²) in [5, 5.41) is 15.0. The van der Waals surface area contributed by atoms with Crippen LogP contribution in [0.4, 0.5) is 0 Å².